The normalized spacial score (nSPS) is 18.8. The second-order valence-corrected chi connectivity index (χ2v) is 7.04. The number of anilines is 1. The third kappa shape index (κ3) is 4.33. The van der Waals surface area contributed by atoms with Gasteiger partial charge in [-0.2, -0.15) is 0 Å². The Kier molecular flexibility index (Phi) is 5.98. The number of thioether (sulfide) groups is 1. The summed E-state index contributed by atoms with van der Waals surface area (Å²) >= 11 is 1.33. The summed E-state index contributed by atoms with van der Waals surface area (Å²) in [6.07, 6.45) is 1.47. The highest BCUT2D eigenvalue weighted by molar-refractivity contribution is 7.99. The molecule has 0 unspecified atom stereocenters. The number of halogens is 2. The number of amides is 2. The summed E-state index contributed by atoms with van der Waals surface area (Å²) in [6.45, 7) is 0.620. The Morgan fingerprint density at radius 2 is 2.11 bits per heavy atom. The first-order valence-electron chi connectivity index (χ1n) is 8.22. The van der Waals surface area contributed by atoms with E-state index in [9.17, 15) is 23.2 Å². The summed E-state index contributed by atoms with van der Waals surface area (Å²) in [6, 6.07) is 5.07. The van der Waals surface area contributed by atoms with Crippen molar-refractivity contribution in [3.63, 3.8) is 0 Å². The van der Waals surface area contributed by atoms with Gasteiger partial charge in [0.25, 0.3) is 5.91 Å². The van der Waals surface area contributed by atoms with E-state index in [0.29, 0.717) is 5.76 Å². The fourth-order valence-corrected chi connectivity index (χ4v) is 4.15. The van der Waals surface area contributed by atoms with Crippen molar-refractivity contribution in [3.8, 4) is 0 Å². The van der Waals surface area contributed by atoms with Crippen molar-refractivity contribution in [2.75, 3.05) is 17.7 Å². The van der Waals surface area contributed by atoms with Gasteiger partial charge in [-0.25, -0.2) is 13.6 Å². The van der Waals surface area contributed by atoms with E-state index in [4.69, 9.17) is 9.15 Å². The predicted octanol–water partition coefficient (Wildman–Crippen LogP) is 2.70. The first kappa shape index (κ1) is 19.9. The summed E-state index contributed by atoms with van der Waals surface area (Å²) in [5, 5.41) is 1.66. The molecular weight excluding hydrogens is 394 g/mol. The molecule has 1 fully saturated rings. The Labute approximate surface area is 163 Å². The number of hydrogen-bond donors (Lipinski definition) is 1. The molecule has 3 rings (SSSR count). The van der Waals surface area contributed by atoms with Gasteiger partial charge >= 0.3 is 5.97 Å². The number of carbonyl (C=O) groups is 3. The standard InChI is InChI=1S/C18H16F2N2O5S/c1-10(23)22-14(9-28-17(22)15-3-2-6-26-15)18(25)27-8-16(24)21-13-7-11(19)4-5-12(13)20/h2-7,14,17H,8-9H2,1H3,(H,21,24)/t14-,17-/m0/s1. The topological polar surface area (TPSA) is 88.8 Å². The lowest BCUT2D eigenvalue weighted by atomic mass is 10.2. The first-order valence-corrected chi connectivity index (χ1v) is 9.27. The average molecular weight is 410 g/mol. The highest BCUT2D eigenvalue weighted by Crippen LogP contribution is 2.41. The largest absolute Gasteiger partial charge is 0.466 e. The minimum atomic E-state index is -0.892. The van der Waals surface area contributed by atoms with Gasteiger partial charge in [-0.1, -0.05) is 0 Å². The Morgan fingerprint density at radius 1 is 1.32 bits per heavy atom. The van der Waals surface area contributed by atoms with E-state index in [2.05, 4.69) is 5.32 Å². The highest BCUT2D eigenvalue weighted by atomic mass is 32.2. The second-order valence-electron chi connectivity index (χ2n) is 5.92. The van der Waals surface area contributed by atoms with Gasteiger partial charge in [-0.05, 0) is 24.3 Å². The van der Waals surface area contributed by atoms with E-state index < -0.39 is 41.5 Å². The molecule has 2 atom stereocenters. The molecule has 7 nitrogen and oxygen atoms in total. The van der Waals surface area contributed by atoms with Crippen LogP contribution < -0.4 is 5.32 Å². The number of benzene rings is 1. The van der Waals surface area contributed by atoms with Crippen molar-refractivity contribution in [1.29, 1.82) is 0 Å². The second kappa shape index (κ2) is 8.42. The fraction of sp³-hybridized carbons (Fsp3) is 0.278. The van der Waals surface area contributed by atoms with Crippen molar-refractivity contribution in [3.05, 3.63) is 54.0 Å². The Hall–Kier alpha value is -2.88. The number of hydrogen-bond acceptors (Lipinski definition) is 6. The molecule has 0 aliphatic carbocycles. The highest BCUT2D eigenvalue weighted by Gasteiger charge is 2.43. The smallest absolute Gasteiger partial charge is 0.330 e. The minimum absolute atomic E-state index is 0.268. The van der Waals surface area contributed by atoms with Crippen LogP contribution in [0, 0.1) is 11.6 Å². The van der Waals surface area contributed by atoms with Crippen molar-refractivity contribution < 1.29 is 32.3 Å². The molecule has 1 N–H and O–H groups in total. The van der Waals surface area contributed by atoms with Crippen LogP contribution in [-0.2, 0) is 19.1 Å². The molecule has 0 saturated carbocycles. The minimum Gasteiger partial charge on any atom is -0.466 e. The van der Waals surface area contributed by atoms with Gasteiger partial charge in [0.1, 0.15) is 28.8 Å². The molecule has 0 radical (unpaired) electrons. The molecule has 28 heavy (non-hydrogen) atoms. The van der Waals surface area contributed by atoms with Crippen LogP contribution in [0.3, 0.4) is 0 Å². The van der Waals surface area contributed by atoms with Crippen molar-refractivity contribution >= 4 is 35.2 Å². The number of rotatable bonds is 5. The number of esters is 1. The number of carbonyl (C=O) groups excluding carboxylic acids is 3. The molecule has 1 aliphatic rings. The van der Waals surface area contributed by atoms with Gasteiger partial charge in [0.2, 0.25) is 5.91 Å². The Morgan fingerprint density at radius 3 is 2.79 bits per heavy atom. The lowest BCUT2D eigenvalue weighted by molar-refractivity contribution is -0.155. The van der Waals surface area contributed by atoms with Gasteiger partial charge in [0.05, 0.1) is 12.0 Å². The molecule has 1 aliphatic heterocycles. The van der Waals surface area contributed by atoms with E-state index in [1.807, 2.05) is 0 Å². The van der Waals surface area contributed by atoms with Crippen molar-refractivity contribution in [2.45, 2.75) is 18.3 Å². The van der Waals surface area contributed by atoms with Crippen LogP contribution in [0.1, 0.15) is 18.1 Å². The van der Waals surface area contributed by atoms with E-state index >= 15 is 0 Å². The predicted molar refractivity (Wildman–Crippen MR) is 96.2 cm³/mol. The van der Waals surface area contributed by atoms with E-state index in [-0.39, 0.29) is 17.3 Å². The molecule has 10 heteroatoms. The zero-order valence-corrected chi connectivity index (χ0v) is 15.5. The molecule has 0 spiro atoms. The summed E-state index contributed by atoms with van der Waals surface area (Å²) < 4.78 is 37.0. The molecule has 2 amide bonds. The monoisotopic (exact) mass is 410 g/mol. The van der Waals surface area contributed by atoms with Crippen molar-refractivity contribution in [1.82, 2.24) is 4.90 Å². The molecular formula is C18H16F2N2O5S. The average Bonchev–Trinajstić information content (AvgIpc) is 3.31. The molecule has 1 saturated heterocycles. The molecule has 1 aromatic heterocycles. The molecule has 2 heterocycles. The number of ether oxygens (including phenoxy) is 1. The zero-order valence-electron chi connectivity index (χ0n) is 14.7. The van der Waals surface area contributed by atoms with Crippen LogP contribution in [0.25, 0.3) is 0 Å². The van der Waals surface area contributed by atoms with Crippen LogP contribution >= 0.6 is 11.8 Å². The summed E-state index contributed by atoms with van der Waals surface area (Å²) in [7, 11) is 0. The van der Waals surface area contributed by atoms with Gasteiger partial charge in [-0.3, -0.25) is 9.59 Å². The number of furan rings is 1. The van der Waals surface area contributed by atoms with Gasteiger partial charge in [0.15, 0.2) is 6.61 Å². The van der Waals surface area contributed by atoms with Crippen molar-refractivity contribution in [2.24, 2.45) is 0 Å². The first-order chi connectivity index (χ1) is 13.4. The fourth-order valence-electron chi connectivity index (χ4n) is 2.74. The van der Waals surface area contributed by atoms with Crippen LogP contribution in [-0.4, -0.2) is 41.1 Å². The molecule has 0 bridgehead atoms. The summed E-state index contributed by atoms with van der Waals surface area (Å²) in [4.78, 5) is 37.6. The third-order valence-electron chi connectivity index (χ3n) is 3.97. The molecule has 148 valence electrons. The van der Waals surface area contributed by atoms with E-state index in [1.165, 1.54) is 29.8 Å². The molecule has 1 aromatic carbocycles. The maximum absolute atomic E-state index is 13.5. The summed E-state index contributed by atoms with van der Waals surface area (Å²) in [5.74, 6) is -2.71. The summed E-state index contributed by atoms with van der Waals surface area (Å²) in [5.41, 5.74) is -0.360. The van der Waals surface area contributed by atoms with E-state index in [1.54, 1.807) is 12.1 Å². The lowest BCUT2D eigenvalue weighted by Crippen LogP contribution is -2.43. The maximum atomic E-state index is 13.5. The number of nitrogens with one attached hydrogen (secondary N) is 1. The quantitative estimate of drug-likeness (QED) is 0.763. The van der Waals surface area contributed by atoms with Crippen LogP contribution in [0.4, 0.5) is 14.5 Å². The Bertz CT molecular complexity index is 890. The third-order valence-corrected chi connectivity index (χ3v) is 5.25. The number of nitrogens with zero attached hydrogens (tertiary/aromatic N) is 1. The van der Waals surface area contributed by atoms with Crippen LogP contribution in [0.2, 0.25) is 0 Å². The molecule has 2 aromatic rings. The SMILES string of the molecule is CC(=O)N1[C@H](C(=O)OCC(=O)Nc2cc(F)ccc2F)CS[C@H]1c1ccco1. The van der Waals surface area contributed by atoms with Crippen LogP contribution in [0.15, 0.2) is 41.0 Å². The van der Waals surface area contributed by atoms with Gasteiger partial charge in [-0.15, -0.1) is 11.8 Å². The maximum Gasteiger partial charge on any atom is 0.330 e. The Balaban J connectivity index is 1.60. The lowest BCUT2D eigenvalue weighted by Gasteiger charge is -2.25. The van der Waals surface area contributed by atoms with Crippen LogP contribution in [0.5, 0.6) is 0 Å². The van der Waals surface area contributed by atoms with Gasteiger partial charge < -0.3 is 19.4 Å². The zero-order chi connectivity index (χ0) is 20.3. The van der Waals surface area contributed by atoms with Gasteiger partial charge in [0, 0.05) is 18.7 Å². The van der Waals surface area contributed by atoms with E-state index in [0.717, 1.165) is 18.2 Å².